The molecule has 5 heteroatoms. The summed E-state index contributed by atoms with van der Waals surface area (Å²) in [7, 11) is 1.55. The van der Waals surface area contributed by atoms with E-state index in [9.17, 15) is 9.59 Å². The molecule has 0 aliphatic heterocycles. The van der Waals surface area contributed by atoms with Crippen LogP contribution >= 0.6 is 11.8 Å². The number of carbonyl (C=O) groups excluding carboxylic acids is 2. The number of hydrogen-bond donors (Lipinski definition) is 2. The lowest BCUT2D eigenvalue weighted by Crippen LogP contribution is -2.20. The average Bonchev–Trinajstić information content (AvgIpc) is 2.60. The highest BCUT2D eigenvalue weighted by Gasteiger charge is 2.10. The van der Waals surface area contributed by atoms with Crippen molar-refractivity contribution in [2.75, 3.05) is 18.6 Å². The van der Waals surface area contributed by atoms with E-state index < -0.39 is 0 Å². The number of hydrogen-bond acceptors (Lipinski definition) is 3. The summed E-state index contributed by atoms with van der Waals surface area (Å²) in [6, 6.07) is 14.8. The fourth-order valence-electron chi connectivity index (χ4n) is 1.99. The van der Waals surface area contributed by atoms with Crippen molar-refractivity contribution in [1.29, 1.82) is 0 Å². The van der Waals surface area contributed by atoms with Crippen LogP contribution in [0.1, 0.15) is 15.9 Å². The first-order chi connectivity index (χ1) is 11.1. The molecule has 0 bridgehead atoms. The van der Waals surface area contributed by atoms with Crippen LogP contribution in [0.4, 0.5) is 5.69 Å². The molecule has 0 saturated heterocycles. The Morgan fingerprint density at radius 1 is 1.04 bits per heavy atom. The second kappa shape index (κ2) is 8.19. The fourth-order valence-corrected chi connectivity index (χ4v) is 2.39. The maximum Gasteiger partial charge on any atom is 0.253 e. The van der Waals surface area contributed by atoms with Gasteiger partial charge in [0.1, 0.15) is 0 Å². The van der Waals surface area contributed by atoms with Crippen molar-refractivity contribution in [3.8, 4) is 0 Å². The summed E-state index contributed by atoms with van der Waals surface area (Å²) in [6.07, 6.45) is 5.21. The van der Waals surface area contributed by atoms with Crippen LogP contribution in [0.2, 0.25) is 0 Å². The standard InChI is InChI=1S/C18H18N2O2S/c1-19-18(22)15-5-3-4-6-16(15)20-17(21)12-9-13-7-10-14(23-2)11-8-13/h3-12H,1-2H3,(H,19,22)(H,20,21)/b12-9+. The van der Waals surface area contributed by atoms with Crippen molar-refractivity contribution in [3.05, 3.63) is 65.7 Å². The second-order valence-corrected chi connectivity index (χ2v) is 5.60. The van der Waals surface area contributed by atoms with Crippen LogP contribution in [0.3, 0.4) is 0 Å². The van der Waals surface area contributed by atoms with Gasteiger partial charge in [0.05, 0.1) is 11.3 Å². The minimum atomic E-state index is -0.282. The van der Waals surface area contributed by atoms with E-state index in [1.807, 2.05) is 30.5 Å². The van der Waals surface area contributed by atoms with Gasteiger partial charge in [-0.25, -0.2) is 0 Å². The molecule has 2 aromatic carbocycles. The third-order valence-electron chi connectivity index (χ3n) is 3.20. The summed E-state index contributed by atoms with van der Waals surface area (Å²) in [4.78, 5) is 25.0. The van der Waals surface area contributed by atoms with E-state index in [4.69, 9.17) is 0 Å². The minimum absolute atomic E-state index is 0.238. The lowest BCUT2D eigenvalue weighted by atomic mass is 10.1. The van der Waals surface area contributed by atoms with Crippen LogP contribution in [0.15, 0.2) is 59.5 Å². The van der Waals surface area contributed by atoms with Crippen LogP contribution in [0.5, 0.6) is 0 Å². The minimum Gasteiger partial charge on any atom is -0.355 e. The summed E-state index contributed by atoms with van der Waals surface area (Å²) in [5.74, 6) is -0.521. The molecule has 2 aromatic rings. The molecule has 0 atom stereocenters. The molecule has 2 rings (SSSR count). The van der Waals surface area contributed by atoms with Crippen molar-refractivity contribution in [2.45, 2.75) is 4.90 Å². The van der Waals surface area contributed by atoms with Gasteiger partial charge in [0.2, 0.25) is 5.91 Å². The SMILES string of the molecule is CNC(=O)c1ccccc1NC(=O)/C=C/c1ccc(SC)cc1. The summed E-state index contributed by atoms with van der Waals surface area (Å²) in [5, 5.41) is 5.28. The number of para-hydroxylation sites is 1. The van der Waals surface area contributed by atoms with Crippen molar-refractivity contribution >= 4 is 35.3 Å². The van der Waals surface area contributed by atoms with Crippen molar-refractivity contribution in [3.63, 3.8) is 0 Å². The number of rotatable bonds is 5. The van der Waals surface area contributed by atoms with Gasteiger partial charge in [-0.1, -0.05) is 24.3 Å². The number of carbonyl (C=O) groups is 2. The summed E-state index contributed by atoms with van der Waals surface area (Å²) >= 11 is 1.67. The Hall–Kier alpha value is -2.53. The molecule has 118 valence electrons. The predicted octanol–water partition coefficient (Wildman–Crippen LogP) is 3.42. The second-order valence-electron chi connectivity index (χ2n) is 4.72. The largest absolute Gasteiger partial charge is 0.355 e. The number of amides is 2. The molecular weight excluding hydrogens is 308 g/mol. The molecule has 0 aliphatic rings. The predicted molar refractivity (Wildman–Crippen MR) is 95.7 cm³/mol. The highest BCUT2D eigenvalue weighted by atomic mass is 32.2. The first-order valence-electron chi connectivity index (χ1n) is 7.08. The van der Waals surface area contributed by atoms with E-state index in [-0.39, 0.29) is 11.8 Å². The van der Waals surface area contributed by atoms with Crippen LogP contribution in [-0.2, 0) is 4.79 Å². The molecule has 0 aliphatic carbocycles. The highest BCUT2D eigenvalue weighted by molar-refractivity contribution is 7.98. The summed E-state index contributed by atoms with van der Waals surface area (Å²) in [5.41, 5.74) is 1.86. The van der Waals surface area contributed by atoms with Crippen LogP contribution in [0.25, 0.3) is 6.08 Å². The van der Waals surface area contributed by atoms with Gasteiger partial charge < -0.3 is 10.6 Å². The van der Waals surface area contributed by atoms with Gasteiger partial charge in [-0.05, 0) is 42.2 Å². The average molecular weight is 326 g/mol. The molecule has 23 heavy (non-hydrogen) atoms. The van der Waals surface area contributed by atoms with E-state index in [0.717, 1.165) is 5.56 Å². The topological polar surface area (TPSA) is 58.2 Å². The van der Waals surface area contributed by atoms with Gasteiger partial charge in [0.15, 0.2) is 0 Å². The molecule has 0 aromatic heterocycles. The molecule has 4 nitrogen and oxygen atoms in total. The first kappa shape index (κ1) is 16.8. The maximum atomic E-state index is 12.0. The quantitative estimate of drug-likeness (QED) is 0.654. The molecule has 0 unspecified atom stereocenters. The highest BCUT2D eigenvalue weighted by Crippen LogP contribution is 2.16. The van der Waals surface area contributed by atoms with Crippen LogP contribution in [0, 0.1) is 0 Å². The Kier molecular flexibility index (Phi) is 6.00. The molecule has 2 N–H and O–H groups in total. The van der Waals surface area contributed by atoms with Crippen molar-refractivity contribution in [1.82, 2.24) is 5.32 Å². The first-order valence-corrected chi connectivity index (χ1v) is 8.30. The van der Waals surface area contributed by atoms with Crippen molar-refractivity contribution < 1.29 is 9.59 Å². The zero-order valence-corrected chi connectivity index (χ0v) is 13.8. The van der Waals surface area contributed by atoms with Gasteiger partial charge in [-0.2, -0.15) is 0 Å². The Bertz CT molecular complexity index is 724. The lowest BCUT2D eigenvalue weighted by molar-refractivity contribution is -0.111. The zero-order chi connectivity index (χ0) is 16.7. The zero-order valence-electron chi connectivity index (χ0n) is 13.0. The molecule has 0 spiro atoms. The fraction of sp³-hybridized carbons (Fsp3) is 0.111. The lowest BCUT2D eigenvalue weighted by Gasteiger charge is -2.08. The molecule has 0 radical (unpaired) electrons. The van der Waals surface area contributed by atoms with E-state index in [1.165, 1.54) is 11.0 Å². The monoisotopic (exact) mass is 326 g/mol. The molecular formula is C18H18N2O2S. The van der Waals surface area contributed by atoms with E-state index in [2.05, 4.69) is 10.6 Å². The normalized spacial score (nSPS) is 10.5. The van der Waals surface area contributed by atoms with Gasteiger partial charge in [0, 0.05) is 18.0 Å². The number of thioether (sulfide) groups is 1. The number of anilines is 1. The van der Waals surface area contributed by atoms with Crippen LogP contribution in [-0.4, -0.2) is 25.1 Å². The van der Waals surface area contributed by atoms with Gasteiger partial charge in [-0.3, -0.25) is 9.59 Å². The number of nitrogens with one attached hydrogen (secondary N) is 2. The van der Waals surface area contributed by atoms with Gasteiger partial charge >= 0.3 is 0 Å². The molecule has 0 fully saturated rings. The van der Waals surface area contributed by atoms with Crippen LogP contribution < -0.4 is 10.6 Å². The molecule has 0 saturated carbocycles. The molecule has 0 heterocycles. The maximum absolute atomic E-state index is 12.0. The third-order valence-corrected chi connectivity index (χ3v) is 3.94. The summed E-state index contributed by atoms with van der Waals surface area (Å²) in [6.45, 7) is 0. The Morgan fingerprint density at radius 3 is 2.39 bits per heavy atom. The van der Waals surface area contributed by atoms with E-state index in [0.29, 0.717) is 11.3 Å². The third kappa shape index (κ3) is 4.72. The van der Waals surface area contributed by atoms with E-state index >= 15 is 0 Å². The van der Waals surface area contributed by atoms with Crippen molar-refractivity contribution in [2.24, 2.45) is 0 Å². The number of benzene rings is 2. The smallest absolute Gasteiger partial charge is 0.253 e. The van der Waals surface area contributed by atoms with Gasteiger partial charge in [0.25, 0.3) is 5.91 Å². The van der Waals surface area contributed by atoms with Gasteiger partial charge in [-0.15, -0.1) is 11.8 Å². The van der Waals surface area contributed by atoms with E-state index in [1.54, 1.807) is 49.2 Å². The Balaban J connectivity index is 2.07. The Morgan fingerprint density at radius 2 is 1.74 bits per heavy atom. The summed E-state index contributed by atoms with van der Waals surface area (Å²) < 4.78 is 0. The molecule has 2 amide bonds. The Labute approximate surface area is 140 Å².